The molecule has 0 N–H and O–H groups in total. The van der Waals surface area contributed by atoms with Crippen LogP contribution in [-0.2, 0) is 6.11 Å². The summed E-state index contributed by atoms with van der Waals surface area (Å²) in [6, 6.07) is 6.77. The fraction of sp³-hybridized carbons (Fsp3) is 0.467. The van der Waals surface area contributed by atoms with E-state index in [2.05, 4.69) is 28.5 Å². The molecular weight excluding hydrogens is 506 g/mol. The van der Waals surface area contributed by atoms with Crippen LogP contribution in [0.1, 0.15) is 75.3 Å². The van der Waals surface area contributed by atoms with Gasteiger partial charge in [0.15, 0.2) is 23.6 Å². The van der Waals surface area contributed by atoms with Crippen LogP contribution in [0, 0.1) is 29.4 Å². The molecule has 2 saturated carbocycles. The number of rotatable bonds is 8. The average molecular weight is 539 g/mol. The Balaban J connectivity index is 1.34. The summed E-state index contributed by atoms with van der Waals surface area (Å²) in [5.74, 6) is -2.30. The van der Waals surface area contributed by atoms with E-state index in [9.17, 15) is 26.3 Å². The number of hydrogen-bond donors (Lipinski definition) is 0. The Bertz CT molecular complexity index is 1100. The lowest BCUT2D eigenvalue weighted by Crippen LogP contribution is -2.25. The van der Waals surface area contributed by atoms with Crippen molar-refractivity contribution in [3.63, 3.8) is 0 Å². The second-order valence-corrected chi connectivity index (χ2v) is 10.3. The number of ether oxygens (including phenoxy) is 2. The van der Waals surface area contributed by atoms with E-state index in [1.807, 2.05) is 0 Å². The van der Waals surface area contributed by atoms with Gasteiger partial charge in [-0.1, -0.05) is 24.3 Å². The van der Waals surface area contributed by atoms with E-state index in [4.69, 9.17) is 0 Å². The van der Waals surface area contributed by atoms with E-state index in [1.165, 1.54) is 37.8 Å². The van der Waals surface area contributed by atoms with Gasteiger partial charge in [-0.25, -0.2) is 8.78 Å². The Morgan fingerprint density at radius 2 is 1.39 bits per heavy atom. The summed E-state index contributed by atoms with van der Waals surface area (Å²) in [5.41, 5.74) is 0.530. The summed E-state index contributed by atoms with van der Waals surface area (Å²) < 4.78 is 90.6. The first-order valence-electron chi connectivity index (χ1n) is 13.1. The van der Waals surface area contributed by atoms with Gasteiger partial charge in [-0.3, -0.25) is 0 Å². The molecule has 2 fully saturated rings. The van der Waals surface area contributed by atoms with Crippen LogP contribution in [0.4, 0.5) is 26.3 Å². The summed E-state index contributed by atoms with van der Waals surface area (Å²) in [4.78, 5) is 0. The van der Waals surface area contributed by atoms with Gasteiger partial charge in [0.1, 0.15) is 5.75 Å². The molecule has 0 spiro atoms. The Morgan fingerprint density at radius 3 is 1.92 bits per heavy atom. The third kappa shape index (κ3) is 6.94. The van der Waals surface area contributed by atoms with E-state index >= 15 is 0 Å². The summed E-state index contributed by atoms with van der Waals surface area (Å²) in [6.07, 6.45) is 7.59. The molecule has 2 aromatic rings. The maximum atomic E-state index is 14.8. The Hall–Kier alpha value is -2.90. The van der Waals surface area contributed by atoms with Gasteiger partial charge in [-0.05, 0) is 99.7 Å². The van der Waals surface area contributed by atoms with Crippen molar-refractivity contribution in [1.29, 1.82) is 0 Å². The van der Waals surface area contributed by atoms with Crippen molar-refractivity contribution in [2.45, 2.75) is 70.3 Å². The Morgan fingerprint density at radius 1 is 0.842 bits per heavy atom. The van der Waals surface area contributed by atoms with Crippen molar-refractivity contribution in [1.82, 2.24) is 0 Å². The molecule has 0 unspecified atom stereocenters. The van der Waals surface area contributed by atoms with Crippen molar-refractivity contribution in [2.75, 3.05) is 0 Å². The summed E-state index contributed by atoms with van der Waals surface area (Å²) >= 11 is 0. The lowest BCUT2D eigenvalue weighted by Gasteiger charge is -2.37. The molecule has 0 radical (unpaired) electrons. The molecule has 0 aromatic heterocycles. The number of halogens is 6. The van der Waals surface area contributed by atoms with E-state index in [0.717, 1.165) is 49.0 Å². The maximum Gasteiger partial charge on any atom is 0.426 e. The third-order valence-corrected chi connectivity index (χ3v) is 7.92. The molecule has 2 aliphatic rings. The monoisotopic (exact) mass is 538 g/mol. The zero-order valence-electron chi connectivity index (χ0n) is 21.2. The smallest absolute Gasteiger partial charge is 0.426 e. The summed E-state index contributed by atoms with van der Waals surface area (Å²) in [5, 5.41) is 0. The SMILES string of the molecule is CC=CC1CCC(C2CCC(c3ccc(C(F)(F)Oc4cc(F)c(OC=C(F)F)c(F)c4)cc3)CC2)CC1. The summed E-state index contributed by atoms with van der Waals surface area (Å²) in [7, 11) is 0. The molecule has 0 aliphatic heterocycles. The highest BCUT2D eigenvalue weighted by atomic mass is 19.3. The topological polar surface area (TPSA) is 18.5 Å². The minimum Gasteiger partial charge on any atom is -0.453 e. The van der Waals surface area contributed by atoms with Crippen LogP contribution in [-0.4, -0.2) is 0 Å². The molecule has 2 aromatic carbocycles. The molecule has 2 nitrogen and oxygen atoms in total. The minimum atomic E-state index is -3.87. The van der Waals surface area contributed by atoms with Gasteiger partial charge in [-0.15, -0.1) is 0 Å². The molecule has 0 heterocycles. The fourth-order valence-corrected chi connectivity index (χ4v) is 5.97. The molecule has 0 bridgehead atoms. The standard InChI is InChI=1S/C30H32F6O2/c1-2-3-19-4-6-20(7-5-19)21-8-10-22(11-9-21)23-12-14-24(15-13-23)30(35,36)38-25-16-26(31)29(27(32)17-25)37-18-28(33)34/h2-3,12-22H,4-11H2,1H3. The third-order valence-electron chi connectivity index (χ3n) is 7.92. The van der Waals surface area contributed by atoms with Gasteiger partial charge < -0.3 is 9.47 Å². The molecule has 206 valence electrons. The molecule has 0 amide bonds. The van der Waals surface area contributed by atoms with E-state index < -0.39 is 40.9 Å². The normalized spacial score (nSPS) is 24.3. The fourth-order valence-electron chi connectivity index (χ4n) is 5.97. The first-order chi connectivity index (χ1) is 18.2. The number of hydrogen-bond acceptors (Lipinski definition) is 2. The van der Waals surface area contributed by atoms with Gasteiger partial charge in [-0.2, -0.15) is 17.6 Å². The lowest BCUT2D eigenvalue weighted by atomic mass is 9.68. The van der Waals surface area contributed by atoms with Gasteiger partial charge >= 0.3 is 12.2 Å². The second-order valence-electron chi connectivity index (χ2n) is 10.3. The first-order valence-corrected chi connectivity index (χ1v) is 13.1. The van der Waals surface area contributed by atoms with Crippen molar-refractivity contribution < 1.29 is 35.8 Å². The van der Waals surface area contributed by atoms with Crippen LogP contribution in [0.3, 0.4) is 0 Å². The second kappa shape index (κ2) is 12.3. The molecule has 0 saturated heterocycles. The average Bonchev–Trinajstić information content (AvgIpc) is 2.89. The number of benzene rings is 2. The zero-order chi connectivity index (χ0) is 27.3. The minimum absolute atomic E-state index is 0.152. The molecule has 4 rings (SSSR count). The van der Waals surface area contributed by atoms with Gasteiger partial charge in [0.05, 0.1) is 5.56 Å². The molecule has 0 atom stereocenters. The Kier molecular flexibility index (Phi) is 9.11. The molecule has 8 heteroatoms. The number of alkyl halides is 2. The van der Waals surface area contributed by atoms with Crippen molar-refractivity contribution in [3.05, 3.63) is 83.7 Å². The van der Waals surface area contributed by atoms with Crippen LogP contribution >= 0.6 is 0 Å². The highest BCUT2D eigenvalue weighted by molar-refractivity contribution is 5.36. The van der Waals surface area contributed by atoms with Crippen molar-refractivity contribution in [2.24, 2.45) is 17.8 Å². The predicted octanol–water partition coefficient (Wildman–Crippen LogP) is 9.87. The van der Waals surface area contributed by atoms with Crippen LogP contribution in [0.2, 0.25) is 0 Å². The molecular formula is C30H32F6O2. The van der Waals surface area contributed by atoms with Crippen molar-refractivity contribution in [3.8, 4) is 11.5 Å². The Labute approximate surface area is 219 Å². The van der Waals surface area contributed by atoms with Crippen LogP contribution < -0.4 is 9.47 Å². The van der Waals surface area contributed by atoms with Crippen LogP contribution in [0.15, 0.2) is 60.9 Å². The zero-order valence-corrected chi connectivity index (χ0v) is 21.2. The van der Waals surface area contributed by atoms with Gasteiger partial charge in [0, 0.05) is 12.1 Å². The predicted molar refractivity (Wildman–Crippen MR) is 133 cm³/mol. The van der Waals surface area contributed by atoms with Crippen LogP contribution in [0.25, 0.3) is 0 Å². The van der Waals surface area contributed by atoms with Gasteiger partial charge in [0.2, 0.25) is 0 Å². The van der Waals surface area contributed by atoms with E-state index in [-0.39, 0.29) is 6.26 Å². The maximum absolute atomic E-state index is 14.8. The van der Waals surface area contributed by atoms with E-state index in [0.29, 0.717) is 18.1 Å². The van der Waals surface area contributed by atoms with Crippen LogP contribution in [0.5, 0.6) is 11.5 Å². The van der Waals surface area contributed by atoms with Gasteiger partial charge in [0.25, 0.3) is 0 Å². The molecule has 38 heavy (non-hydrogen) atoms. The van der Waals surface area contributed by atoms with E-state index in [1.54, 1.807) is 12.1 Å². The highest BCUT2D eigenvalue weighted by Crippen LogP contribution is 2.44. The highest BCUT2D eigenvalue weighted by Gasteiger charge is 2.36. The van der Waals surface area contributed by atoms with Crippen molar-refractivity contribution >= 4 is 0 Å². The summed E-state index contributed by atoms with van der Waals surface area (Å²) in [6.45, 7) is 2.08. The quantitative estimate of drug-likeness (QED) is 0.189. The number of allylic oxidation sites excluding steroid dienone is 2. The largest absolute Gasteiger partial charge is 0.453 e. The first kappa shape index (κ1) is 28.1. The lowest BCUT2D eigenvalue weighted by molar-refractivity contribution is -0.185. The molecule has 2 aliphatic carbocycles.